The Labute approximate surface area is 164 Å². The highest BCUT2D eigenvalue weighted by Crippen LogP contribution is 2.35. The summed E-state index contributed by atoms with van der Waals surface area (Å²) in [6, 6.07) is 17.8. The van der Waals surface area contributed by atoms with Crippen LogP contribution in [0.4, 0.5) is 17.5 Å². The van der Waals surface area contributed by atoms with Gasteiger partial charge in [0.25, 0.3) is 0 Å². The van der Waals surface area contributed by atoms with Crippen molar-refractivity contribution in [3.05, 3.63) is 54.6 Å². The second-order valence-electron chi connectivity index (χ2n) is 7.13. The third-order valence-corrected chi connectivity index (χ3v) is 4.45. The second kappa shape index (κ2) is 8.17. The van der Waals surface area contributed by atoms with E-state index in [1.807, 2.05) is 54.6 Å². The van der Waals surface area contributed by atoms with Crippen molar-refractivity contribution in [2.24, 2.45) is 5.92 Å². The summed E-state index contributed by atoms with van der Waals surface area (Å²) in [5.74, 6) is 3.45. The quantitative estimate of drug-likeness (QED) is 0.600. The fraction of sp³-hybridized carbons (Fsp3) is 0.273. The van der Waals surface area contributed by atoms with Gasteiger partial charge in [0.1, 0.15) is 5.82 Å². The van der Waals surface area contributed by atoms with Crippen LogP contribution in [-0.2, 0) is 0 Å². The molecule has 6 nitrogen and oxygen atoms in total. The van der Waals surface area contributed by atoms with E-state index in [2.05, 4.69) is 29.5 Å². The first kappa shape index (κ1) is 18.1. The molecule has 6 heteroatoms. The molecule has 4 rings (SSSR count). The Kier molecular flexibility index (Phi) is 5.28. The number of aromatic nitrogens is 2. The van der Waals surface area contributed by atoms with Crippen LogP contribution in [0, 0.1) is 5.92 Å². The average Bonchev–Trinajstić information content (AvgIpc) is 3.16. The normalized spacial score (nSPS) is 12.2. The highest BCUT2D eigenvalue weighted by molar-refractivity contribution is 5.68. The zero-order valence-corrected chi connectivity index (χ0v) is 16.1. The monoisotopic (exact) mass is 376 g/mol. The van der Waals surface area contributed by atoms with Crippen LogP contribution in [-0.4, -0.2) is 23.3 Å². The highest BCUT2D eigenvalue weighted by atomic mass is 16.7. The number of anilines is 3. The van der Waals surface area contributed by atoms with E-state index in [0.717, 1.165) is 47.2 Å². The number of nitrogens with zero attached hydrogens (tertiary/aromatic N) is 2. The SMILES string of the molecule is CC(C)CCNc1nc(Nc2ccc3c(c2)OCO3)cc(-c2ccccc2)n1. The van der Waals surface area contributed by atoms with Gasteiger partial charge in [-0.05, 0) is 24.5 Å². The zero-order valence-electron chi connectivity index (χ0n) is 16.1. The molecule has 0 atom stereocenters. The first-order valence-electron chi connectivity index (χ1n) is 9.52. The predicted molar refractivity (Wildman–Crippen MR) is 111 cm³/mol. The minimum atomic E-state index is 0.258. The third-order valence-electron chi connectivity index (χ3n) is 4.45. The van der Waals surface area contributed by atoms with Crippen LogP contribution in [0.25, 0.3) is 11.3 Å². The number of hydrogen-bond donors (Lipinski definition) is 2. The lowest BCUT2D eigenvalue weighted by atomic mass is 10.1. The minimum Gasteiger partial charge on any atom is -0.454 e. The summed E-state index contributed by atoms with van der Waals surface area (Å²) in [6.45, 7) is 5.50. The average molecular weight is 376 g/mol. The molecule has 144 valence electrons. The van der Waals surface area contributed by atoms with Crippen molar-refractivity contribution < 1.29 is 9.47 Å². The molecule has 0 radical (unpaired) electrons. The van der Waals surface area contributed by atoms with Crippen molar-refractivity contribution in [3.63, 3.8) is 0 Å². The first-order chi connectivity index (χ1) is 13.7. The number of fused-ring (bicyclic) bond motifs is 1. The van der Waals surface area contributed by atoms with E-state index < -0.39 is 0 Å². The molecule has 1 aliphatic rings. The van der Waals surface area contributed by atoms with Gasteiger partial charge in [0.2, 0.25) is 12.7 Å². The summed E-state index contributed by atoms with van der Waals surface area (Å²) in [5.41, 5.74) is 2.80. The lowest BCUT2D eigenvalue weighted by molar-refractivity contribution is 0.174. The van der Waals surface area contributed by atoms with Crippen LogP contribution in [0.1, 0.15) is 20.3 Å². The van der Waals surface area contributed by atoms with E-state index in [4.69, 9.17) is 14.5 Å². The molecule has 0 aliphatic carbocycles. The number of hydrogen-bond acceptors (Lipinski definition) is 6. The zero-order chi connectivity index (χ0) is 19.3. The Balaban J connectivity index is 1.61. The number of benzene rings is 2. The summed E-state index contributed by atoms with van der Waals surface area (Å²) >= 11 is 0. The van der Waals surface area contributed by atoms with Crippen LogP contribution in [0.5, 0.6) is 11.5 Å². The Morgan fingerprint density at radius 2 is 1.79 bits per heavy atom. The Morgan fingerprint density at radius 3 is 2.61 bits per heavy atom. The molecule has 0 amide bonds. The lowest BCUT2D eigenvalue weighted by Crippen LogP contribution is -2.09. The van der Waals surface area contributed by atoms with E-state index >= 15 is 0 Å². The molecule has 3 aromatic rings. The van der Waals surface area contributed by atoms with Crippen LogP contribution >= 0.6 is 0 Å². The van der Waals surface area contributed by atoms with Crippen LogP contribution in [0.2, 0.25) is 0 Å². The summed E-state index contributed by atoms with van der Waals surface area (Å²) in [5, 5.41) is 6.70. The standard InChI is InChI=1S/C22H24N4O2/c1-15(2)10-11-23-22-25-18(16-6-4-3-5-7-16)13-21(26-22)24-17-8-9-19-20(12-17)28-14-27-19/h3-9,12-13,15H,10-11,14H2,1-2H3,(H2,23,24,25,26). The number of ether oxygens (including phenoxy) is 2. The van der Waals surface area contributed by atoms with E-state index in [1.165, 1.54) is 0 Å². The van der Waals surface area contributed by atoms with Gasteiger partial charge in [-0.15, -0.1) is 0 Å². The third kappa shape index (κ3) is 4.34. The maximum atomic E-state index is 5.46. The molecule has 0 fully saturated rings. The molecule has 1 aromatic heterocycles. The molecule has 0 unspecified atom stereocenters. The molecule has 2 heterocycles. The Bertz CT molecular complexity index is 945. The smallest absolute Gasteiger partial charge is 0.231 e. The van der Waals surface area contributed by atoms with Crippen molar-refractivity contribution in [1.82, 2.24) is 9.97 Å². The van der Waals surface area contributed by atoms with Crippen molar-refractivity contribution in [3.8, 4) is 22.8 Å². The maximum Gasteiger partial charge on any atom is 0.231 e. The maximum absolute atomic E-state index is 5.46. The van der Waals surface area contributed by atoms with Crippen LogP contribution < -0.4 is 20.1 Å². The molecule has 0 bridgehead atoms. The topological polar surface area (TPSA) is 68.3 Å². The predicted octanol–water partition coefficient (Wildman–Crippen LogP) is 5.07. The van der Waals surface area contributed by atoms with Gasteiger partial charge >= 0.3 is 0 Å². The van der Waals surface area contributed by atoms with E-state index in [0.29, 0.717) is 11.9 Å². The van der Waals surface area contributed by atoms with Gasteiger partial charge in [0.05, 0.1) is 5.69 Å². The van der Waals surface area contributed by atoms with Crippen molar-refractivity contribution in [1.29, 1.82) is 0 Å². The summed E-state index contributed by atoms with van der Waals surface area (Å²) in [7, 11) is 0. The molecule has 0 spiro atoms. The van der Waals surface area contributed by atoms with Crippen molar-refractivity contribution in [2.75, 3.05) is 24.0 Å². The lowest BCUT2D eigenvalue weighted by Gasteiger charge is -2.12. The van der Waals surface area contributed by atoms with E-state index in [9.17, 15) is 0 Å². The molecular formula is C22H24N4O2. The number of rotatable bonds is 7. The molecule has 0 saturated heterocycles. The van der Waals surface area contributed by atoms with Gasteiger partial charge in [0.15, 0.2) is 11.5 Å². The highest BCUT2D eigenvalue weighted by Gasteiger charge is 2.14. The van der Waals surface area contributed by atoms with Gasteiger partial charge in [-0.25, -0.2) is 4.98 Å². The Hall–Kier alpha value is -3.28. The van der Waals surface area contributed by atoms with E-state index in [-0.39, 0.29) is 6.79 Å². The van der Waals surface area contributed by atoms with Gasteiger partial charge in [-0.1, -0.05) is 44.2 Å². The first-order valence-corrected chi connectivity index (χ1v) is 9.52. The van der Waals surface area contributed by atoms with Crippen LogP contribution in [0.3, 0.4) is 0 Å². The summed E-state index contributed by atoms with van der Waals surface area (Å²) in [6.07, 6.45) is 1.06. The van der Waals surface area contributed by atoms with Gasteiger partial charge < -0.3 is 20.1 Å². The molecule has 0 saturated carbocycles. The van der Waals surface area contributed by atoms with Crippen LogP contribution in [0.15, 0.2) is 54.6 Å². The molecular weight excluding hydrogens is 352 g/mol. The Morgan fingerprint density at radius 1 is 0.964 bits per heavy atom. The molecule has 2 aromatic carbocycles. The second-order valence-corrected chi connectivity index (χ2v) is 7.13. The fourth-order valence-corrected chi connectivity index (χ4v) is 2.94. The number of nitrogens with one attached hydrogen (secondary N) is 2. The summed E-state index contributed by atoms with van der Waals surface area (Å²) in [4.78, 5) is 9.33. The van der Waals surface area contributed by atoms with Crippen molar-refractivity contribution >= 4 is 17.5 Å². The summed E-state index contributed by atoms with van der Waals surface area (Å²) < 4.78 is 10.8. The molecule has 1 aliphatic heterocycles. The van der Waals surface area contributed by atoms with E-state index in [1.54, 1.807) is 0 Å². The van der Waals surface area contributed by atoms with Gasteiger partial charge in [0, 0.05) is 29.9 Å². The largest absolute Gasteiger partial charge is 0.454 e. The fourth-order valence-electron chi connectivity index (χ4n) is 2.94. The van der Waals surface area contributed by atoms with Crippen molar-refractivity contribution in [2.45, 2.75) is 20.3 Å². The van der Waals surface area contributed by atoms with Gasteiger partial charge in [-0.2, -0.15) is 4.98 Å². The molecule has 2 N–H and O–H groups in total. The molecule has 28 heavy (non-hydrogen) atoms. The minimum absolute atomic E-state index is 0.258. The van der Waals surface area contributed by atoms with Gasteiger partial charge in [-0.3, -0.25) is 0 Å².